The molecular weight excluding hydrogens is 248 g/mol. The zero-order valence-corrected chi connectivity index (χ0v) is 8.73. The molecule has 0 unspecified atom stereocenters. The van der Waals surface area contributed by atoms with Crippen LogP contribution in [0.1, 0.15) is 5.56 Å². The van der Waals surface area contributed by atoms with Gasteiger partial charge in [0, 0.05) is 6.20 Å². The van der Waals surface area contributed by atoms with Crippen LogP contribution in [0.4, 0.5) is 0 Å². The monoisotopic (exact) mass is 254 g/mol. The molecule has 0 saturated carbocycles. The Morgan fingerprint density at radius 2 is 2.43 bits per heavy atom. The molecule has 2 aromatic heterocycles. The first-order valence-electron chi connectivity index (χ1n) is 3.93. The van der Waals surface area contributed by atoms with E-state index in [0.29, 0.717) is 0 Å². The van der Waals surface area contributed by atoms with Gasteiger partial charge in [-0.15, -0.1) is 10.2 Å². The van der Waals surface area contributed by atoms with Crippen molar-refractivity contribution in [1.29, 1.82) is 0 Å². The van der Waals surface area contributed by atoms with Crippen LogP contribution in [0.2, 0.25) is 0 Å². The van der Waals surface area contributed by atoms with Gasteiger partial charge in [0.1, 0.15) is 6.33 Å². The fourth-order valence-corrected chi connectivity index (χ4v) is 1.83. The Bertz CT molecular complexity index is 493. The van der Waals surface area contributed by atoms with Crippen LogP contribution in [-0.4, -0.2) is 20.5 Å². The Morgan fingerprint density at radius 1 is 1.64 bits per heavy atom. The highest BCUT2D eigenvalue weighted by molar-refractivity contribution is 9.10. The van der Waals surface area contributed by atoms with Crippen LogP contribution >= 0.6 is 15.9 Å². The van der Waals surface area contributed by atoms with Gasteiger partial charge in [-0.2, -0.15) is 0 Å². The van der Waals surface area contributed by atoms with E-state index < -0.39 is 0 Å². The molecule has 14 heavy (non-hydrogen) atoms. The van der Waals surface area contributed by atoms with E-state index in [1.807, 2.05) is 6.07 Å². The van der Waals surface area contributed by atoms with Gasteiger partial charge in [-0.3, -0.25) is 9.20 Å². The molecule has 0 spiro atoms. The fourth-order valence-electron chi connectivity index (χ4n) is 1.25. The predicted molar refractivity (Wildman–Crippen MR) is 53.6 cm³/mol. The molecule has 0 bridgehead atoms. The lowest BCUT2D eigenvalue weighted by atomic mass is 10.2. The first-order valence-corrected chi connectivity index (χ1v) is 4.72. The molecule has 0 radical (unpaired) electrons. The van der Waals surface area contributed by atoms with Crippen LogP contribution < -0.4 is 5.73 Å². The minimum Gasteiger partial charge on any atom is -0.369 e. The van der Waals surface area contributed by atoms with Crippen molar-refractivity contribution in [3.63, 3.8) is 0 Å². The summed E-state index contributed by atoms with van der Waals surface area (Å²) in [4.78, 5) is 10.7. The number of hydrogen-bond donors (Lipinski definition) is 1. The van der Waals surface area contributed by atoms with Crippen molar-refractivity contribution in [1.82, 2.24) is 14.6 Å². The number of halogens is 1. The van der Waals surface area contributed by atoms with Gasteiger partial charge in [-0.25, -0.2) is 0 Å². The average molecular weight is 255 g/mol. The van der Waals surface area contributed by atoms with Gasteiger partial charge >= 0.3 is 0 Å². The van der Waals surface area contributed by atoms with Crippen molar-refractivity contribution >= 4 is 27.5 Å². The molecule has 2 heterocycles. The lowest BCUT2D eigenvalue weighted by molar-refractivity contribution is -0.117. The van der Waals surface area contributed by atoms with Crippen molar-refractivity contribution in [2.75, 3.05) is 0 Å². The van der Waals surface area contributed by atoms with E-state index in [9.17, 15) is 4.79 Å². The highest BCUT2D eigenvalue weighted by atomic mass is 79.9. The maximum atomic E-state index is 10.7. The summed E-state index contributed by atoms with van der Waals surface area (Å²) in [5.74, 6) is -0.357. The van der Waals surface area contributed by atoms with E-state index in [1.165, 1.54) is 0 Å². The lowest BCUT2D eigenvalue weighted by Crippen LogP contribution is -2.14. The SMILES string of the molecule is NC(=O)Cc1cc(Br)c2nncn2c1. The van der Waals surface area contributed by atoms with Crippen LogP contribution in [0.3, 0.4) is 0 Å². The number of primary amides is 1. The number of nitrogens with zero attached hydrogens (tertiary/aromatic N) is 3. The van der Waals surface area contributed by atoms with Gasteiger partial charge in [-0.05, 0) is 27.6 Å². The molecule has 0 aliphatic heterocycles. The summed E-state index contributed by atoms with van der Waals surface area (Å²) in [5, 5.41) is 7.64. The summed E-state index contributed by atoms with van der Waals surface area (Å²) in [7, 11) is 0. The van der Waals surface area contributed by atoms with Crippen LogP contribution in [-0.2, 0) is 11.2 Å². The molecule has 0 saturated heterocycles. The lowest BCUT2D eigenvalue weighted by Gasteiger charge is -2.00. The highest BCUT2D eigenvalue weighted by Crippen LogP contribution is 2.17. The van der Waals surface area contributed by atoms with Crippen molar-refractivity contribution in [2.24, 2.45) is 5.73 Å². The van der Waals surface area contributed by atoms with E-state index in [2.05, 4.69) is 26.1 Å². The highest BCUT2D eigenvalue weighted by Gasteiger charge is 2.05. The van der Waals surface area contributed by atoms with E-state index in [1.54, 1.807) is 16.9 Å². The molecule has 2 rings (SSSR count). The number of carbonyl (C=O) groups is 1. The minimum atomic E-state index is -0.357. The third-order valence-corrected chi connectivity index (χ3v) is 2.37. The Balaban J connectivity index is 2.53. The summed E-state index contributed by atoms with van der Waals surface area (Å²) in [6.07, 6.45) is 3.57. The summed E-state index contributed by atoms with van der Waals surface area (Å²) in [6.45, 7) is 0. The standard InChI is InChI=1S/C8H7BrN4O/c9-6-1-5(2-7(10)14)3-13-4-11-12-8(6)13/h1,3-4H,2H2,(H2,10,14). The average Bonchev–Trinajstić information content (AvgIpc) is 2.50. The van der Waals surface area contributed by atoms with E-state index in [0.717, 1.165) is 15.7 Å². The van der Waals surface area contributed by atoms with Crippen molar-refractivity contribution in [3.05, 3.63) is 28.6 Å². The van der Waals surface area contributed by atoms with Crippen LogP contribution in [0, 0.1) is 0 Å². The molecule has 0 aliphatic carbocycles. The van der Waals surface area contributed by atoms with Crippen LogP contribution in [0.5, 0.6) is 0 Å². The Hall–Kier alpha value is -1.43. The molecule has 1 amide bonds. The number of pyridine rings is 1. The molecule has 2 N–H and O–H groups in total. The van der Waals surface area contributed by atoms with Gasteiger partial charge in [0.25, 0.3) is 0 Å². The van der Waals surface area contributed by atoms with Crippen molar-refractivity contribution in [2.45, 2.75) is 6.42 Å². The Morgan fingerprint density at radius 3 is 3.14 bits per heavy atom. The quantitative estimate of drug-likeness (QED) is 0.850. The van der Waals surface area contributed by atoms with Crippen molar-refractivity contribution in [3.8, 4) is 0 Å². The number of fused-ring (bicyclic) bond motifs is 1. The third kappa shape index (κ3) is 1.60. The smallest absolute Gasteiger partial charge is 0.221 e. The summed E-state index contributed by atoms with van der Waals surface area (Å²) < 4.78 is 2.54. The number of hydrogen-bond acceptors (Lipinski definition) is 3. The number of rotatable bonds is 2. The fraction of sp³-hybridized carbons (Fsp3) is 0.125. The first-order chi connectivity index (χ1) is 6.66. The van der Waals surface area contributed by atoms with Gasteiger partial charge in [0.05, 0.1) is 10.9 Å². The zero-order chi connectivity index (χ0) is 10.1. The topological polar surface area (TPSA) is 73.3 Å². The second kappa shape index (κ2) is 3.38. The van der Waals surface area contributed by atoms with Gasteiger partial charge in [0.2, 0.25) is 5.91 Å². The van der Waals surface area contributed by atoms with Gasteiger partial charge in [-0.1, -0.05) is 0 Å². The number of aromatic nitrogens is 3. The van der Waals surface area contributed by atoms with Gasteiger partial charge < -0.3 is 5.73 Å². The predicted octanol–water partition coefficient (Wildman–Crippen LogP) is 0.520. The molecule has 0 atom stereocenters. The molecule has 2 aromatic rings. The summed E-state index contributed by atoms with van der Waals surface area (Å²) >= 11 is 3.34. The maximum Gasteiger partial charge on any atom is 0.221 e. The molecule has 0 aromatic carbocycles. The second-order valence-electron chi connectivity index (χ2n) is 2.90. The number of carbonyl (C=O) groups excluding carboxylic acids is 1. The summed E-state index contributed by atoms with van der Waals surface area (Å²) in [5.41, 5.74) is 6.65. The van der Waals surface area contributed by atoms with Crippen molar-refractivity contribution < 1.29 is 4.79 Å². The number of amides is 1. The molecule has 6 heteroatoms. The minimum absolute atomic E-state index is 0.215. The normalized spacial score (nSPS) is 10.6. The summed E-state index contributed by atoms with van der Waals surface area (Å²) in [6, 6.07) is 1.81. The maximum absolute atomic E-state index is 10.7. The van der Waals surface area contributed by atoms with E-state index >= 15 is 0 Å². The first kappa shape index (κ1) is 9.14. The molecule has 0 fully saturated rings. The number of nitrogens with two attached hydrogens (primary N) is 1. The zero-order valence-electron chi connectivity index (χ0n) is 7.14. The molecule has 5 nitrogen and oxygen atoms in total. The van der Waals surface area contributed by atoms with Crippen LogP contribution in [0.15, 0.2) is 23.1 Å². The van der Waals surface area contributed by atoms with Crippen LogP contribution in [0.25, 0.3) is 5.65 Å². The second-order valence-corrected chi connectivity index (χ2v) is 3.76. The molecular formula is C8H7BrN4O. The molecule has 0 aliphatic rings. The molecule has 72 valence electrons. The third-order valence-electron chi connectivity index (χ3n) is 1.78. The Labute approximate surface area is 88.1 Å². The van der Waals surface area contributed by atoms with Gasteiger partial charge in [0.15, 0.2) is 5.65 Å². The van der Waals surface area contributed by atoms with E-state index in [4.69, 9.17) is 5.73 Å². The van der Waals surface area contributed by atoms with E-state index in [-0.39, 0.29) is 12.3 Å². The Kier molecular flexibility index (Phi) is 2.20. The largest absolute Gasteiger partial charge is 0.369 e.